The van der Waals surface area contributed by atoms with Crippen LogP contribution in [0.5, 0.6) is 5.75 Å². The van der Waals surface area contributed by atoms with Crippen LogP contribution in [0.2, 0.25) is 5.02 Å². The molecule has 10 heteroatoms. The number of ether oxygens (including phenoxy) is 2. The van der Waals surface area contributed by atoms with Gasteiger partial charge in [-0.3, -0.25) is 5.10 Å². The Morgan fingerprint density at radius 2 is 2.07 bits per heavy atom. The van der Waals surface area contributed by atoms with Crippen LogP contribution in [0.3, 0.4) is 0 Å². The predicted octanol–water partition coefficient (Wildman–Crippen LogP) is 4.17. The number of rotatable bonds is 4. The molecule has 1 atom stereocenters. The number of hydrogen-bond acceptors (Lipinski definition) is 7. The topological polar surface area (TPSA) is 106 Å². The van der Waals surface area contributed by atoms with Crippen molar-refractivity contribution in [3.63, 3.8) is 0 Å². The third-order valence-electron chi connectivity index (χ3n) is 4.44. The zero-order valence-corrected chi connectivity index (χ0v) is 17.6. The Balaban J connectivity index is 1.36. The summed E-state index contributed by atoms with van der Waals surface area (Å²) in [5, 5.41) is 11.0. The number of aromatic amines is 1. The molecule has 1 fully saturated rings. The number of nitrogens with zero attached hydrogens (tertiary/aromatic N) is 4. The van der Waals surface area contributed by atoms with Gasteiger partial charge < -0.3 is 18.9 Å². The van der Waals surface area contributed by atoms with Gasteiger partial charge in [-0.2, -0.15) is 10.1 Å². The monoisotopic (exact) mass is 431 g/mol. The van der Waals surface area contributed by atoms with Crippen LogP contribution in [0.1, 0.15) is 27.2 Å². The highest BCUT2D eigenvalue weighted by atomic mass is 35.5. The molecular weight excluding hydrogens is 410 g/mol. The van der Waals surface area contributed by atoms with Gasteiger partial charge >= 0.3 is 6.09 Å². The molecule has 0 saturated carbocycles. The number of aromatic nitrogens is 4. The Hall–Kier alpha value is -3.07. The van der Waals surface area contributed by atoms with E-state index in [1.54, 1.807) is 4.90 Å². The van der Waals surface area contributed by atoms with Gasteiger partial charge in [-0.1, -0.05) is 16.8 Å². The lowest BCUT2D eigenvalue weighted by molar-refractivity contribution is 0.0275. The highest BCUT2D eigenvalue weighted by Crippen LogP contribution is 2.27. The van der Waals surface area contributed by atoms with Crippen molar-refractivity contribution in [2.45, 2.75) is 38.9 Å². The third kappa shape index (κ3) is 4.56. The minimum atomic E-state index is -0.510. The van der Waals surface area contributed by atoms with Gasteiger partial charge in [0.05, 0.1) is 17.8 Å². The molecule has 158 valence electrons. The quantitative estimate of drug-likeness (QED) is 0.660. The first kappa shape index (κ1) is 20.2. The second-order valence-electron chi connectivity index (χ2n) is 8.00. The van der Waals surface area contributed by atoms with Gasteiger partial charge in [-0.25, -0.2) is 4.79 Å². The molecule has 30 heavy (non-hydrogen) atoms. The van der Waals surface area contributed by atoms with Crippen molar-refractivity contribution in [1.82, 2.24) is 25.2 Å². The molecule has 2 aromatic heterocycles. The van der Waals surface area contributed by atoms with Crippen molar-refractivity contribution >= 4 is 17.7 Å². The highest BCUT2D eigenvalue weighted by molar-refractivity contribution is 6.32. The van der Waals surface area contributed by atoms with E-state index in [1.165, 1.54) is 6.20 Å². The Kier molecular flexibility index (Phi) is 5.38. The minimum Gasteiger partial charge on any atom is -0.489 e. The van der Waals surface area contributed by atoms with E-state index in [9.17, 15) is 4.79 Å². The molecule has 0 spiro atoms. The Morgan fingerprint density at radius 3 is 2.73 bits per heavy atom. The molecule has 1 aliphatic rings. The molecule has 1 amide bonds. The summed E-state index contributed by atoms with van der Waals surface area (Å²) in [6, 6.07) is 7.37. The van der Waals surface area contributed by atoms with E-state index in [4.69, 9.17) is 25.6 Å². The molecule has 1 unspecified atom stereocenters. The van der Waals surface area contributed by atoms with E-state index in [2.05, 4.69) is 20.3 Å². The Labute approximate surface area is 178 Å². The Bertz CT molecular complexity index is 1020. The molecule has 0 radical (unpaired) electrons. The molecular formula is C20H22ClN5O4. The molecule has 3 heterocycles. The van der Waals surface area contributed by atoms with Crippen LogP contribution >= 0.6 is 11.6 Å². The third-order valence-corrected chi connectivity index (χ3v) is 4.73. The standard InChI is InChI=1S/C20H22ClN5O4/c1-20(2,3)29-19(27)26-9-8-14(11-26)28-13-6-4-12(5-7-13)17-23-18(30-25-17)16-15(21)10-22-24-16/h4-7,10,14H,8-9,11H2,1-3H3,(H,22,24). The number of hydrogen-bond donors (Lipinski definition) is 1. The van der Waals surface area contributed by atoms with Gasteiger partial charge in [0.2, 0.25) is 5.82 Å². The first-order valence-corrected chi connectivity index (χ1v) is 9.94. The summed E-state index contributed by atoms with van der Waals surface area (Å²) in [6.45, 7) is 6.67. The molecule has 4 rings (SSSR count). The van der Waals surface area contributed by atoms with Crippen molar-refractivity contribution in [1.29, 1.82) is 0 Å². The lowest BCUT2D eigenvalue weighted by Gasteiger charge is -2.24. The van der Waals surface area contributed by atoms with Crippen LogP contribution in [-0.4, -0.2) is 56.1 Å². The lowest BCUT2D eigenvalue weighted by atomic mass is 10.2. The molecule has 1 N–H and O–H groups in total. The summed E-state index contributed by atoms with van der Waals surface area (Å²) in [7, 11) is 0. The lowest BCUT2D eigenvalue weighted by Crippen LogP contribution is -2.36. The fourth-order valence-electron chi connectivity index (χ4n) is 3.06. The first-order valence-electron chi connectivity index (χ1n) is 9.56. The van der Waals surface area contributed by atoms with Crippen molar-refractivity contribution < 1.29 is 18.8 Å². The van der Waals surface area contributed by atoms with E-state index < -0.39 is 5.60 Å². The second kappa shape index (κ2) is 7.98. The fourth-order valence-corrected chi connectivity index (χ4v) is 3.23. The maximum absolute atomic E-state index is 12.2. The number of carbonyl (C=O) groups is 1. The van der Waals surface area contributed by atoms with Crippen molar-refractivity contribution in [3.05, 3.63) is 35.5 Å². The molecule has 1 aliphatic heterocycles. The maximum atomic E-state index is 12.2. The zero-order valence-electron chi connectivity index (χ0n) is 16.9. The van der Waals surface area contributed by atoms with E-state index in [0.717, 1.165) is 12.0 Å². The van der Waals surface area contributed by atoms with Crippen LogP contribution in [0.15, 0.2) is 35.0 Å². The van der Waals surface area contributed by atoms with Gasteiger partial charge in [0.1, 0.15) is 23.1 Å². The van der Waals surface area contributed by atoms with Crippen molar-refractivity contribution in [2.24, 2.45) is 0 Å². The number of nitrogens with one attached hydrogen (secondary N) is 1. The van der Waals surface area contributed by atoms with Crippen LogP contribution in [0.4, 0.5) is 4.79 Å². The van der Waals surface area contributed by atoms with Crippen molar-refractivity contribution in [3.8, 4) is 28.7 Å². The van der Waals surface area contributed by atoms with Gasteiger partial charge in [0.15, 0.2) is 0 Å². The Morgan fingerprint density at radius 1 is 1.30 bits per heavy atom. The second-order valence-corrected chi connectivity index (χ2v) is 8.40. The normalized spacial score (nSPS) is 16.7. The van der Waals surface area contributed by atoms with E-state index in [1.807, 2.05) is 45.0 Å². The number of carbonyl (C=O) groups excluding carboxylic acids is 1. The van der Waals surface area contributed by atoms with E-state index in [0.29, 0.717) is 35.4 Å². The van der Waals surface area contributed by atoms with Crippen LogP contribution in [0, 0.1) is 0 Å². The number of benzene rings is 1. The average molecular weight is 432 g/mol. The number of H-pyrrole nitrogens is 1. The smallest absolute Gasteiger partial charge is 0.410 e. The molecule has 0 aliphatic carbocycles. The number of likely N-dealkylation sites (tertiary alicyclic amines) is 1. The summed E-state index contributed by atoms with van der Waals surface area (Å²) in [5.41, 5.74) is 0.741. The van der Waals surface area contributed by atoms with E-state index >= 15 is 0 Å². The largest absolute Gasteiger partial charge is 0.489 e. The molecule has 9 nitrogen and oxygen atoms in total. The average Bonchev–Trinajstić information content (AvgIpc) is 3.41. The summed E-state index contributed by atoms with van der Waals surface area (Å²) in [6.07, 6.45) is 1.83. The molecule has 0 bridgehead atoms. The summed E-state index contributed by atoms with van der Waals surface area (Å²) in [5.74, 6) is 1.40. The number of halogens is 1. The molecule has 3 aromatic rings. The number of amides is 1. The fraction of sp³-hybridized carbons (Fsp3) is 0.400. The summed E-state index contributed by atoms with van der Waals surface area (Å²) < 4.78 is 16.7. The zero-order chi connectivity index (χ0) is 21.3. The highest BCUT2D eigenvalue weighted by Gasteiger charge is 2.30. The predicted molar refractivity (Wildman–Crippen MR) is 109 cm³/mol. The summed E-state index contributed by atoms with van der Waals surface area (Å²) >= 11 is 6.02. The van der Waals surface area contributed by atoms with Gasteiger partial charge in [0, 0.05) is 18.5 Å². The SMILES string of the molecule is CC(C)(C)OC(=O)N1CCC(Oc2ccc(-c3noc(-c4[nH]ncc4Cl)n3)cc2)C1. The molecule has 1 saturated heterocycles. The first-order chi connectivity index (χ1) is 14.3. The van der Waals surface area contributed by atoms with Gasteiger partial charge in [-0.15, -0.1) is 0 Å². The molecule has 1 aromatic carbocycles. The minimum absolute atomic E-state index is 0.0809. The van der Waals surface area contributed by atoms with Crippen LogP contribution in [0.25, 0.3) is 23.0 Å². The van der Waals surface area contributed by atoms with E-state index in [-0.39, 0.29) is 18.1 Å². The van der Waals surface area contributed by atoms with Crippen LogP contribution in [-0.2, 0) is 4.74 Å². The van der Waals surface area contributed by atoms with Crippen molar-refractivity contribution in [2.75, 3.05) is 13.1 Å². The van der Waals surface area contributed by atoms with Crippen LogP contribution < -0.4 is 4.74 Å². The van der Waals surface area contributed by atoms with Gasteiger partial charge in [-0.05, 0) is 45.0 Å². The van der Waals surface area contributed by atoms with Gasteiger partial charge in [0.25, 0.3) is 5.89 Å². The summed E-state index contributed by atoms with van der Waals surface area (Å²) in [4.78, 5) is 18.2. The maximum Gasteiger partial charge on any atom is 0.410 e.